The van der Waals surface area contributed by atoms with E-state index in [1.807, 2.05) is 12.5 Å². The Balaban J connectivity index is 1.97. The zero-order valence-corrected chi connectivity index (χ0v) is 9.32. The van der Waals surface area contributed by atoms with Crippen LogP contribution in [0.3, 0.4) is 0 Å². The molecule has 0 saturated heterocycles. The maximum Gasteiger partial charge on any atom is 0.0948 e. The van der Waals surface area contributed by atoms with Crippen molar-refractivity contribution in [1.29, 1.82) is 0 Å². The number of rotatable bonds is 6. The van der Waals surface area contributed by atoms with Crippen molar-refractivity contribution in [2.24, 2.45) is 11.7 Å². The standard InChI is InChI=1S/C11H20N4/c1-2-15-8-13-7-11(15)10(5-12)14-6-9-3-4-9/h7-10,14H,2-6,12H2,1H3. The Morgan fingerprint density at radius 3 is 3.07 bits per heavy atom. The van der Waals surface area contributed by atoms with Gasteiger partial charge in [-0.15, -0.1) is 0 Å². The second-order valence-electron chi connectivity index (χ2n) is 4.24. The third-order valence-corrected chi connectivity index (χ3v) is 3.03. The van der Waals surface area contributed by atoms with E-state index in [4.69, 9.17) is 5.73 Å². The summed E-state index contributed by atoms with van der Waals surface area (Å²) in [5.41, 5.74) is 7.00. The normalized spacial score (nSPS) is 18.0. The van der Waals surface area contributed by atoms with Crippen molar-refractivity contribution in [3.63, 3.8) is 0 Å². The zero-order valence-electron chi connectivity index (χ0n) is 9.32. The number of aryl methyl sites for hydroxylation is 1. The topological polar surface area (TPSA) is 55.9 Å². The van der Waals surface area contributed by atoms with Crippen LogP contribution in [0.1, 0.15) is 31.5 Å². The summed E-state index contributed by atoms with van der Waals surface area (Å²) >= 11 is 0. The molecule has 0 amide bonds. The molecule has 1 saturated carbocycles. The van der Waals surface area contributed by atoms with Crippen LogP contribution in [-0.4, -0.2) is 22.6 Å². The third kappa shape index (κ3) is 2.58. The van der Waals surface area contributed by atoms with Gasteiger partial charge in [0, 0.05) is 19.3 Å². The zero-order chi connectivity index (χ0) is 10.7. The minimum Gasteiger partial charge on any atom is -0.333 e. The minimum atomic E-state index is 0.257. The maximum absolute atomic E-state index is 5.79. The fourth-order valence-electron chi connectivity index (χ4n) is 1.82. The fourth-order valence-corrected chi connectivity index (χ4v) is 1.82. The van der Waals surface area contributed by atoms with Crippen LogP contribution in [0.5, 0.6) is 0 Å². The van der Waals surface area contributed by atoms with Gasteiger partial charge in [-0.25, -0.2) is 4.98 Å². The monoisotopic (exact) mass is 208 g/mol. The Bertz CT molecular complexity index is 303. The largest absolute Gasteiger partial charge is 0.333 e. The first-order chi connectivity index (χ1) is 7.35. The van der Waals surface area contributed by atoms with Gasteiger partial charge in [0.2, 0.25) is 0 Å². The predicted octanol–water partition coefficient (Wildman–Crippen LogP) is 0.902. The molecule has 1 aromatic rings. The number of aromatic nitrogens is 2. The second-order valence-corrected chi connectivity index (χ2v) is 4.24. The highest BCUT2D eigenvalue weighted by atomic mass is 15.1. The summed E-state index contributed by atoms with van der Waals surface area (Å²) in [7, 11) is 0. The van der Waals surface area contributed by atoms with Gasteiger partial charge in [-0.3, -0.25) is 0 Å². The summed E-state index contributed by atoms with van der Waals surface area (Å²) in [6.45, 7) is 4.81. The highest BCUT2D eigenvalue weighted by molar-refractivity contribution is 5.06. The van der Waals surface area contributed by atoms with Gasteiger partial charge in [-0.05, 0) is 32.2 Å². The lowest BCUT2D eigenvalue weighted by Gasteiger charge is -2.18. The second kappa shape index (κ2) is 4.77. The predicted molar refractivity (Wildman–Crippen MR) is 60.4 cm³/mol. The fraction of sp³-hybridized carbons (Fsp3) is 0.727. The van der Waals surface area contributed by atoms with Gasteiger partial charge in [0.25, 0.3) is 0 Å². The van der Waals surface area contributed by atoms with Gasteiger partial charge in [0.05, 0.1) is 18.1 Å². The van der Waals surface area contributed by atoms with E-state index in [2.05, 4.69) is 21.8 Å². The van der Waals surface area contributed by atoms with Crippen molar-refractivity contribution in [3.05, 3.63) is 18.2 Å². The van der Waals surface area contributed by atoms with E-state index in [0.29, 0.717) is 6.54 Å². The molecule has 4 nitrogen and oxygen atoms in total. The van der Waals surface area contributed by atoms with Crippen LogP contribution in [0.2, 0.25) is 0 Å². The molecule has 3 N–H and O–H groups in total. The first kappa shape index (κ1) is 10.6. The molecule has 1 heterocycles. The molecule has 0 bridgehead atoms. The van der Waals surface area contributed by atoms with E-state index in [9.17, 15) is 0 Å². The van der Waals surface area contributed by atoms with Crippen LogP contribution < -0.4 is 11.1 Å². The van der Waals surface area contributed by atoms with Crippen LogP contribution in [-0.2, 0) is 6.54 Å². The first-order valence-corrected chi connectivity index (χ1v) is 5.78. The van der Waals surface area contributed by atoms with Crippen molar-refractivity contribution in [2.75, 3.05) is 13.1 Å². The minimum absolute atomic E-state index is 0.257. The molecule has 84 valence electrons. The molecule has 0 aliphatic heterocycles. The van der Waals surface area contributed by atoms with Crippen molar-refractivity contribution < 1.29 is 0 Å². The van der Waals surface area contributed by atoms with Gasteiger partial charge in [-0.2, -0.15) is 0 Å². The van der Waals surface area contributed by atoms with Crippen molar-refractivity contribution in [2.45, 2.75) is 32.4 Å². The molecular weight excluding hydrogens is 188 g/mol. The average molecular weight is 208 g/mol. The average Bonchev–Trinajstić information content (AvgIpc) is 2.96. The number of nitrogens with zero attached hydrogens (tertiary/aromatic N) is 2. The van der Waals surface area contributed by atoms with Crippen LogP contribution in [0, 0.1) is 5.92 Å². The molecule has 1 aromatic heterocycles. The van der Waals surface area contributed by atoms with E-state index in [-0.39, 0.29) is 6.04 Å². The molecule has 4 heteroatoms. The number of imidazole rings is 1. The number of hydrogen-bond acceptors (Lipinski definition) is 3. The Morgan fingerprint density at radius 2 is 2.47 bits per heavy atom. The quantitative estimate of drug-likeness (QED) is 0.730. The Hall–Kier alpha value is -0.870. The number of hydrogen-bond donors (Lipinski definition) is 2. The number of nitrogens with two attached hydrogens (primary N) is 1. The molecule has 1 unspecified atom stereocenters. The van der Waals surface area contributed by atoms with E-state index in [1.54, 1.807) is 0 Å². The summed E-state index contributed by atoms with van der Waals surface area (Å²) in [5, 5.41) is 3.52. The SMILES string of the molecule is CCn1cncc1C(CN)NCC1CC1. The summed E-state index contributed by atoms with van der Waals surface area (Å²) in [5.74, 6) is 0.886. The molecule has 15 heavy (non-hydrogen) atoms. The summed E-state index contributed by atoms with van der Waals surface area (Å²) < 4.78 is 2.15. The lowest BCUT2D eigenvalue weighted by molar-refractivity contribution is 0.492. The van der Waals surface area contributed by atoms with Gasteiger partial charge in [0.1, 0.15) is 0 Å². The van der Waals surface area contributed by atoms with E-state index >= 15 is 0 Å². The van der Waals surface area contributed by atoms with Crippen molar-refractivity contribution in [3.8, 4) is 0 Å². The van der Waals surface area contributed by atoms with Crippen LogP contribution in [0.4, 0.5) is 0 Å². The van der Waals surface area contributed by atoms with Crippen LogP contribution in [0.25, 0.3) is 0 Å². The molecule has 1 atom stereocenters. The molecular formula is C11H20N4. The Morgan fingerprint density at radius 1 is 1.67 bits per heavy atom. The molecule has 1 aliphatic rings. The van der Waals surface area contributed by atoms with E-state index in [1.165, 1.54) is 18.5 Å². The first-order valence-electron chi connectivity index (χ1n) is 5.78. The molecule has 1 aliphatic carbocycles. The Labute approximate surface area is 90.9 Å². The van der Waals surface area contributed by atoms with E-state index < -0.39 is 0 Å². The number of nitrogens with one attached hydrogen (secondary N) is 1. The highest BCUT2D eigenvalue weighted by Gasteiger charge is 2.23. The lowest BCUT2D eigenvalue weighted by atomic mass is 10.2. The molecule has 0 aromatic carbocycles. The van der Waals surface area contributed by atoms with Crippen LogP contribution >= 0.6 is 0 Å². The summed E-state index contributed by atoms with van der Waals surface area (Å²) in [6.07, 6.45) is 6.53. The van der Waals surface area contributed by atoms with Crippen molar-refractivity contribution in [1.82, 2.24) is 14.9 Å². The summed E-state index contributed by atoms with van der Waals surface area (Å²) in [6, 6.07) is 0.257. The summed E-state index contributed by atoms with van der Waals surface area (Å²) in [4.78, 5) is 4.17. The molecule has 2 rings (SSSR count). The van der Waals surface area contributed by atoms with Gasteiger partial charge >= 0.3 is 0 Å². The third-order valence-electron chi connectivity index (χ3n) is 3.03. The lowest BCUT2D eigenvalue weighted by Crippen LogP contribution is -2.31. The van der Waals surface area contributed by atoms with Crippen LogP contribution in [0.15, 0.2) is 12.5 Å². The smallest absolute Gasteiger partial charge is 0.0948 e. The highest BCUT2D eigenvalue weighted by Crippen LogP contribution is 2.28. The maximum atomic E-state index is 5.79. The van der Waals surface area contributed by atoms with Gasteiger partial charge in [0.15, 0.2) is 0 Å². The molecule has 1 fully saturated rings. The van der Waals surface area contributed by atoms with Gasteiger partial charge < -0.3 is 15.6 Å². The van der Waals surface area contributed by atoms with Crippen molar-refractivity contribution >= 4 is 0 Å². The van der Waals surface area contributed by atoms with E-state index in [0.717, 1.165) is 19.0 Å². The molecule has 0 spiro atoms. The molecule has 0 radical (unpaired) electrons. The Kier molecular flexibility index (Phi) is 3.38. The van der Waals surface area contributed by atoms with Gasteiger partial charge in [-0.1, -0.05) is 0 Å².